The number of hydrogen-bond donors (Lipinski definition) is 3. The van der Waals surface area contributed by atoms with Gasteiger partial charge in [-0.2, -0.15) is 4.98 Å². The molecule has 1 heterocycles. The number of aliphatic hydroxyl groups is 1. The molecule has 0 spiro atoms. The Hall–Kier alpha value is -2.97. The van der Waals surface area contributed by atoms with Crippen molar-refractivity contribution in [2.75, 3.05) is 37.3 Å². The molecule has 8 heteroatoms. The van der Waals surface area contributed by atoms with Gasteiger partial charge in [0.2, 0.25) is 12.4 Å². The summed E-state index contributed by atoms with van der Waals surface area (Å²) in [5.74, 6) is 0.922. The lowest BCUT2D eigenvalue weighted by molar-refractivity contribution is -0.116. The first kappa shape index (κ1) is 25.3. The molecule has 0 radical (unpaired) electrons. The van der Waals surface area contributed by atoms with Crippen LogP contribution < -0.4 is 11.1 Å². The number of nitrogens with zero attached hydrogens (tertiary/aromatic N) is 4. The summed E-state index contributed by atoms with van der Waals surface area (Å²) in [7, 11) is 0. The van der Waals surface area contributed by atoms with Crippen LogP contribution in [-0.2, 0) is 17.9 Å². The zero-order valence-corrected chi connectivity index (χ0v) is 19.4. The number of unbranched alkanes of at least 4 members (excludes halogenated alkanes) is 1. The number of hydrogen-bond acceptors (Lipinski definition) is 7. The van der Waals surface area contributed by atoms with Crippen LogP contribution in [0.1, 0.15) is 49.1 Å². The Balaban J connectivity index is 2.05. The highest BCUT2D eigenvalue weighted by Crippen LogP contribution is 2.18. The molecular weight excluding hydrogens is 404 g/mol. The molecular formula is C24H36N6O2. The predicted octanol–water partition coefficient (Wildman–Crippen LogP) is 3.02. The Bertz CT molecular complexity index is 870. The molecule has 0 atom stereocenters. The van der Waals surface area contributed by atoms with Gasteiger partial charge in [0.25, 0.3) is 0 Å². The van der Waals surface area contributed by atoms with Crippen LogP contribution in [0.15, 0.2) is 30.5 Å². The van der Waals surface area contributed by atoms with Crippen molar-refractivity contribution < 1.29 is 9.90 Å². The molecule has 0 aliphatic rings. The average Bonchev–Trinajstić information content (AvgIpc) is 2.80. The number of benzene rings is 1. The van der Waals surface area contributed by atoms with Gasteiger partial charge < -0.3 is 21.1 Å². The molecule has 0 saturated heterocycles. The molecule has 8 nitrogen and oxygen atoms in total. The number of aromatic nitrogens is 2. The molecule has 2 aromatic rings. The van der Waals surface area contributed by atoms with E-state index in [1.807, 2.05) is 19.1 Å². The molecule has 2 rings (SSSR count). The highest BCUT2D eigenvalue weighted by molar-refractivity contribution is 5.61. The molecule has 0 aliphatic carbocycles. The summed E-state index contributed by atoms with van der Waals surface area (Å²) >= 11 is 0. The lowest BCUT2D eigenvalue weighted by Gasteiger charge is -2.19. The summed E-state index contributed by atoms with van der Waals surface area (Å²) in [6, 6.07) is 8.17. The average molecular weight is 441 g/mol. The van der Waals surface area contributed by atoms with E-state index in [9.17, 15) is 4.79 Å². The van der Waals surface area contributed by atoms with Crippen LogP contribution in [0.2, 0.25) is 0 Å². The largest absolute Gasteiger partial charge is 0.395 e. The number of rotatable bonds is 14. The smallest absolute Gasteiger partial charge is 0.222 e. The molecule has 0 aliphatic heterocycles. The zero-order chi connectivity index (χ0) is 23.3. The highest BCUT2D eigenvalue weighted by Gasteiger charge is 2.08. The second-order valence-electron chi connectivity index (χ2n) is 7.72. The number of anilines is 2. The molecule has 4 N–H and O–H groups in total. The summed E-state index contributed by atoms with van der Waals surface area (Å²) in [5, 5.41) is 12.4. The van der Waals surface area contributed by atoms with Crippen LogP contribution in [-0.4, -0.2) is 57.5 Å². The van der Waals surface area contributed by atoms with E-state index in [2.05, 4.69) is 46.2 Å². The van der Waals surface area contributed by atoms with Crippen molar-refractivity contribution >= 4 is 24.3 Å². The molecule has 0 unspecified atom stereocenters. The molecule has 0 fully saturated rings. The molecule has 1 amide bonds. The van der Waals surface area contributed by atoms with E-state index < -0.39 is 0 Å². The second-order valence-corrected chi connectivity index (χ2v) is 7.72. The van der Waals surface area contributed by atoms with Gasteiger partial charge in [-0.05, 0) is 37.1 Å². The van der Waals surface area contributed by atoms with Crippen molar-refractivity contribution in [3.8, 4) is 0 Å². The van der Waals surface area contributed by atoms with Gasteiger partial charge in [-0.1, -0.05) is 44.5 Å². The van der Waals surface area contributed by atoms with Gasteiger partial charge in [0, 0.05) is 37.9 Å². The molecule has 0 saturated carbocycles. The first-order valence-corrected chi connectivity index (χ1v) is 11.2. The Labute approximate surface area is 191 Å². The van der Waals surface area contributed by atoms with E-state index >= 15 is 0 Å². The summed E-state index contributed by atoms with van der Waals surface area (Å²) in [5.41, 5.74) is 9.65. The topological polar surface area (TPSA) is 108 Å². The highest BCUT2D eigenvalue weighted by atomic mass is 16.3. The normalized spacial score (nSPS) is 11.3. The third kappa shape index (κ3) is 7.94. The molecule has 174 valence electrons. The minimum absolute atomic E-state index is 0.153. The van der Waals surface area contributed by atoms with Gasteiger partial charge in [-0.3, -0.25) is 9.69 Å². The summed E-state index contributed by atoms with van der Waals surface area (Å²) in [4.78, 5) is 24.0. The van der Waals surface area contributed by atoms with Crippen LogP contribution >= 0.6 is 0 Å². The standard InChI is InChI=1S/C24H36N6O2/c1-4-6-12-26-23-19(3)22(27-24(25)28-23)11-13-30(18-32)17-21-9-7-20(8-10-21)16-29(5-2)14-15-31/h7-11,13,18,31H,4-6,12,14-17H2,1-3H3,(H3,25,26,27,28)/b13-11-. The summed E-state index contributed by atoms with van der Waals surface area (Å²) in [6.45, 7) is 9.91. The van der Waals surface area contributed by atoms with Crippen LogP contribution in [0.3, 0.4) is 0 Å². The molecule has 1 aromatic heterocycles. The van der Waals surface area contributed by atoms with Crippen LogP contribution in [0.25, 0.3) is 6.08 Å². The maximum Gasteiger partial charge on any atom is 0.222 e. The number of nitrogen functional groups attached to an aromatic ring is 1. The minimum atomic E-state index is 0.153. The predicted molar refractivity (Wildman–Crippen MR) is 130 cm³/mol. The third-order valence-corrected chi connectivity index (χ3v) is 5.24. The molecule has 0 bridgehead atoms. The molecule has 1 aromatic carbocycles. The fourth-order valence-electron chi connectivity index (χ4n) is 3.27. The van der Waals surface area contributed by atoms with E-state index in [1.54, 1.807) is 17.2 Å². The zero-order valence-electron chi connectivity index (χ0n) is 19.4. The van der Waals surface area contributed by atoms with E-state index in [-0.39, 0.29) is 12.6 Å². The number of carbonyl (C=O) groups excluding carboxylic acids is 1. The van der Waals surface area contributed by atoms with Crippen molar-refractivity contribution in [1.82, 2.24) is 19.8 Å². The summed E-state index contributed by atoms with van der Waals surface area (Å²) < 4.78 is 0. The van der Waals surface area contributed by atoms with Crippen molar-refractivity contribution in [1.29, 1.82) is 0 Å². The first-order chi connectivity index (χ1) is 15.5. The van der Waals surface area contributed by atoms with E-state index in [0.29, 0.717) is 18.8 Å². The van der Waals surface area contributed by atoms with E-state index in [0.717, 1.165) is 55.8 Å². The van der Waals surface area contributed by atoms with Crippen molar-refractivity contribution in [3.63, 3.8) is 0 Å². The van der Waals surface area contributed by atoms with E-state index in [1.165, 1.54) is 5.56 Å². The Morgan fingerprint density at radius 3 is 2.41 bits per heavy atom. The van der Waals surface area contributed by atoms with Gasteiger partial charge in [-0.25, -0.2) is 4.98 Å². The number of carbonyl (C=O) groups is 1. The monoisotopic (exact) mass is 440 g/mol. The maximum absolute atomic E-state index is 11.6. The van der Waals surface area contributed by atoms with Crippen molar-refractivity contribution in [2.24, 2.45) is 0 Å². The van der Waals surface area contributed by atoms with Crippen LogP contribution in [0, 0.1) is 6.92 Å². The number of aliphatic hydroxyl groups excluding tert-OH is 1. The van der Waals surface area contributed by atoms with Gasteiger partial charge in [-0.15, -0.1) is 0 Å². The lowest BCUT2D eigenvalue weighted by Crippen LogP contribution is -2.26. The summed E-state index contributed by atoms with van der Waals surface area (Å²) in [6.07, 6.45) is 6.43. The van der Waals surface area contributed by atoms with Crippen LogP contribution in [0.5, 0.6) is 0 Å². The fourth-order valence-corrected chi connectivity index (χ4v) is 3.27. The Kier molecular flexibility index (Phi) is 10.6. The number of amides is 1. The number of nitrogens with one attached hydrogen (secondary N) is 1. The van der Waals surface area contributed by atoms with Crippen molar-refractivity contribution in [3.05, 3.63) is 52.8 Å². The number of likely N-dealkylation sites (N-methyl/N-ethyl adjacent to an activating group) is 1. The number of nitrogens with two attached hydrogens (primary N) is 1. The Morgan fingerprint density at radius 1 is 1.12 bits per heavy atom. The first-order valence-electron chi connectivity index (χ1n) is 11.2. The fraction of sp³-hybridized carbons (Fsp3) is 0.458. The van der Waals surface area contributed by atoms with Gasteiger partial charge >= 0.3 is 0 Å². The minimum Gasteiger partial charge on any atom is -0.395 e. The molecule has 32 heavy (non-hydrogen) atoms. The second kappa shape index (κ2) is 13.4. The van der Waals surface area contributed by atoms with Gasteiger partial charge in [0.15, 0.2) is 0 Å². The lowest BCUT2D eigenvalue weighted by atomic mass is 10.1. The third-order valence-electron chi connectivity index (χ3n) is 5.24. The van der Waals surface area contributed by atoms with E-state index in [4.69, 9.17) is 10.8 Å². The SMILES string of the molecule is CCCCNc1nc(N)nc(/C=C\N(C=O)Cc2ccc(CN(CC)CCO)cc2)c1C. The van der Waals surface area contributed by atoms with Gasteiger partial charge in [0.05, 0.1) is 12.3 Å². The Morgan fingerprint density at radius 2 is 1.81 bits per heavy atom. The quantitative estimate of drug-likeness (QED) is 0.306. The van der Waals surface area contributed by atoms with Gasteiger partial charge in [0.1, 0.15) is 5.82 Å². The van der Waals surface area contributed by atoms with Crippen LogP contribution in [0.4, 0.5) is 11.8 Å². The van der Waals surface area contributed by atoms with Crippen molar-refractivity contribution in [2.45, 2.75) is 46.7 Å². The maximum atomic E-state index is 11.6.